The topological polar surface area (TPSA) is 86.4 Å². The maximum absolute atomic E-state index is 11.6. The number of ether oxygens (including phenoxy) is 3. The van der Waals surface area contributed by atoms with Gasteiger partial charge in [-0.25, -0.2) is 4.79 Å². The Kier molecular flexibility index (Phi) is 8.37. The number of halogens is 2. The molecule has 0 unspecified atom stereocenters. The zero-order valence-electron chi connectivity index (χ0n) is 18.2. The van der Waals surface area contributed by atoms with Crippen LogP contribution < -0.4 is 0 Å². The van der Waals surface area contributed by atoms with Crippen LogP contribution in [0.2, 0.25) is 5.02 Å². The van der Waals surface area contributed by atoms with Crippen molar-refractivity contribution in [2.45, 2.75) is 33.1 Å². The lowest BCUT2D eigenvalue weighted by atomic mass is 9.86. The lowest BCUT2D eigenvalue weighted by Gasteiger charge is -2.19. The quantitative estimate of drug-likeness (QED) is 0.178. The van der Waals surface area contributed by atoms with Gasteiger partial charge in [-0.15, -0.1) is 11.6 Å². The number of carbonyl (C=O) groups is 1. The van der Waals surface area contributed by atoms with Gasteiger partial charge in [0.05, 0.1) is 16.6 Å². The zero-order valence-corrected chi connectivity index (χ0v) is 19.7. The number of hydrogen-bond acceptors (Lipinski definition) is 6. The molecule has 0 bridgehead atoms. The molecular formula is C22H25Cl2N3O4. The van der Waals surface area contributed by atoms with Crippen LogP contribution in [0.25, 0.3) is 11.3 Å². The van der Waals surface area contributed by atoms with E-state index in [2.05, 4.69) is 31.9 Å². The van der Waals surface area contributed by atoms with Crippen molar-refractivity contribution < 1.29 is 19.0 Å². The van der Waals surface area contributed by atoms with Gasteiger partial charge in [0, 0.05) is 7.05 Å². The van der Waals surface area contributed by atoms with Crippen LogP contribution in [-0.4, -0.2) is 35.2 Å². The fourth-order valence-corrected chi connectivity index (χ4v) is 3.14. The average molecular weight is 466 g/mol. The molecule has 0 aliphatic carbocycles. The van der Waals surface area contributed by atoms with Crippen LogP contribution in [0.15, 0.2) is 24.3 Å². The predicted octanol–water partition coefficient (Wildman–Crippen LogP) is 5.44. The van der Waals surface area contributed by atoms with Gasteiger partial charge in [-0.05, 0) is 23.5 Å². The van der Waals surface area contributed by atoms with Gasteiger partial charge in [0.25, 0.3) is 0 Å². The lowest BCUT2D eigenvalue weighted by molar-refractivity contribution is -0.00341. The number of rotatable bonds is 7. The van der Waals surface area contributed by atoms with E-state index in [0.29, 0.717) is 22.0 Å². The number of nitrogens with zero attached hydrogens (tertiary/aromatic N) is 3. The summed E-state index contributed by atoms with van der Waals surface area (Å²) in [7, 11) is 1.69. The third-order valence-corrected chi connectivity index (χ3v) is 5.03. The number of aromatic nitrogens is 2. The van der Waals surface area contributed by atoms with Crippen LogP contribution in [0.5, 0.6) is 0 Å². The SMILES string of the molecule is Cc1nn(C)c(/C(OCOC(=O)OCCCl)=C(\C#N)c2ccc(C(C)(C)C)cc2)c1Cl. The molecule has 0 aliphatic heterocycles. The molecule has 0 aliphatic rings. The van der Waals surface area contributed by atoms with E-state index >= 15 is 0 Å². The molecule has 0 radical (unpaired) electrons. The minimum atomic E-state index is -0.930. The first kappa shape index (κ1) is 24.6. The summed E-state index contributed by atoms with van der Waals surface area (Å²) in [6.07, 6.45) is -0.930. The Bertz CT molecular complexity index is 999. The Labute approximate surface area is 192 Å². The molecule has 0 saturated carbocycles. The number of nitriles is 1. The maximum Gasteiger partial charge on any atom is 0.511 e. The first-order valence-corrected chi connectivity index (χ1v) is 10.4. The second kappa shape index (κ2) is 10.6. The van der Waals surface area contributed by atoms with Crippen molar-refractivity contribution in [3.05, 3.63) is 51.8 Å². The standard InChI is InChI=1S/C22H25Cl2N3O4/c1-14-18(24)19(27(5)26-14)20(30-13-31-21(28)29-11-10-23)17(12-25)15-6-8-16(9-7-15)22(2,3)4/h6-9H,10-11,13H2,1-5H3/b20-17-. The number of alkyl halides is 1. The highest BCUT2D eigenvalue weighted by Gasteiger charge is 2.23. The normalized spacial score (nSPS) is 12.1. The molecule has 7 nitrogen and oxygen atoms in total. The monoisotopic (exact) mass is 465 g/mol. The van der Waals surface area contributed by atoms with E-state index < -0.39 is 12.9 Å². The third kappa shape index (κ3) is 6.16. The largest absolute Gasteiger partial charge is 0.511 e. The molecular weight excluding hydrogens is 441 g/mol. The minimum Gasteiger partial charge on any atom is -0.453 e. The summed E-state index contributed by atoms with van der Waals surface area (Å²) in [5, 5.41) is 14.6. The van der Waals surface area contributed by atoms with Gasteiger partial charge >= 0.3 is 6.16 Å². The van der Waals surface area contributed by atoms with Crippen LogP contribution in [-0.2, 0) is 26.7 Å². The van der Waals surface area contributed by atoms with Crippen LogP contribution >= 0.6 is 23.2 Å². The average Bonchev–Trinajstić information content (AvgIpc) is 2.97. The summed E-state index contributed by atoms with van der Waals surface area (Å²) in [4.78, 5) is 11.6. The number of carbonyl (C=O) groups excluding carboxylic acids is 1. The summed E-state index contributed by atoms with van der Waals surface area (Å²) >= 11 is 11.9. The summed E-state index contributed by atoms with van der Waals surface area (Å²) in [5.74, 6) is 0.290. The van der Waals surface area contributed by atoms with Crippen molar-refractivity contribution in [3.8, 4) is 6.07 Å². The second-order valence-electron chi connectivity index (χ2n) is 7.71. The van der Waals surface area contributed by atoms with Crippen molar-refractivity contribution in [1.82, 2.24) is 9.78 Å². The molecule has 0 atom stereocenters. The molecule has 1 aromatic heterocycles. The second-order valence-corrected chi connectivity index (χ2v) is 8.46. The molecule has 0 amide bonds. The van der Waals surface area contributed by atoms with Crippen molar-refractivity contribution in [2.24, 2.45) is 7.05 Å². The molecule has 0 saturated heterocycles. The smallest absolute Gasteiger partial charge is 0.453 e. The Hall–Kier alpha value is -2.69. The van der Waals surface area contributed by atoms with Gasteiger partial charge in [0.1, 0.15) is 23.9 Å². The maximum atomic E-state index is 11.6. The first-order chi connectivity index (χ1) is 14.6. The number of allylic oxidation sites excluding steroid dienone is 1. The highest BCUT2D eigenvalue weighted by Crippen LogP contribution is 2.34. The summed E-state index contributed by atoms with van der Waals surface area (Å²) in [6, 6.07) is 9.78. The molecule has 1 aromatic carbocycles. The van der Waals surface area contributed by atoms with E-state index in [4.69, 9.17) is 37.4 Å². The Morgan fingerprint density at radius 3 is 2.32 bits per heavy atom. The number of benzene rings is 1. The highest BCUT2D eigenvalue weighted by molar-refractivity contribution is 6.33. The summed E-state index contributed by atoms with van der Waals surface area (Å²) < 4.78 is 16.9. The van der Waals surface area contributed by atoms with Gasteiger partial charge in [-0.1, -0.05) is 56.6 Å². The molecule has 2 rings (SSSR count). The Morgan fingerprint density at radius 1 is 1.19 bits per heavy atom. The van der Waals surface area contributed by atoms with Crippen molar-refractivity contribution in [3.63, 3.8) is 0 Å². The number of aryl methyl sites for hydroxylation is 2. The van der Waals surface area contributed by atoms with E-state index in [-0.39, 0.29) is 29.2 Å². The fraction of sp³-hybridized carbons (Fsp3) is 0.409. The Morgan fingerprint density at radius 2 is 1.84 bits per heavy atom. The van der Waals surface area contributed by atoms with Gasteiger partial charge in [-0.3, -0.25) is 4.68 Å². The van der Waals surface area contributed by atoms with Crippen molar-refractivity contribution in [2.75, 3.05) is 19.3 Å². The van der Waals surface area contributed by atoms with Crippen molar-refractivity contribution >= 4 is 40.7 Å². The molecule has 2 aromatic rings. The summed E-state index contributed by atoms with van der Waals surface area (Å²) in [5.41, 5.74) is 2.91. The van der Waals surface area contributed by atoms with Crippen LogP contribution in [0.1, 0.15) is 43.3 Å². The molecule has 31 heavy (non-hydrogen) atoms. The molecule has 0 N–H and O–H groups in total. The molecule has 166 valence electrons. The van der Waals surface area contributed by atoms with Gasteiger partial charge < -0.3 is 14.2 Å². The number of hydrogen-bond donors (Lipinski definition) is 0. The zero-order chi connectivity index (χ0) is 23.2. The van der Waals surface area contributed by atoms with Crippen molar-refractivity contribution in [1.29, 1.82) is 5.26 Å². The van der Waals surface area contributed by atoms with E-state index in [1.807, 2.05) is 24.3 Å². The van der Waals surface area contributed by atoms with E-state index in [1.54, 1.807) is 14.0 Å². The molecule has 0 fully saturated rings. The molecule has 1 heterocycles. The van der Waals surface area contributed by atoms with Gasteiger partial charge in [-0.2, -0.15) is 10.4 Å². The Balaban J connectivity index is 2.47. The van der Waals surface area contributed by atoms with Crippen LogP contribution in [0.4, 0.5) is 4.79 Å². The first-order valence-electron chi connectivity index (χ1n) is 9.53. The van der Waals surface area contributed by atoms with Gasteiger partial charge in [0.2, 0.25) is 6.79 Å². The summed E-state index contributed by atoms with van der Waals surface area (Å²) in [6.45, 7) is 7.60. The van der Waals surface area contributed by atoms with Crippen LogP contribution in [0.3, 0.4) is 0 Å². The van der Waals surface area contributed by atoms with Crippen LogP contribution in [0, 0.1) is 18.3 Å². The van der Waals surface area contributed by atoms with Gasteiger partial charge in [0.15, 0.2) is 5.76 Å². The fourth-order valence-electron chi connectivity index (χ4n) is 2.82. The van der Waals surface area contributed by atoms with E-state index in [1.165, 1.54) is 4.68 Å². The third-order valence-electron chi connectivity index (χ3n) is 4.42. The lowest BCUT2D eigenvalue weighted by Crippen LogP contribution is -2.13. The molecule has 0 spiro atoms. The predicted molar refractivity (Wildman–Crippen MR) is 120 cm³/mol. The van der Waals surface area contributed by atoms with E-state index in [9.17, 15) is 10.1 Å². The minimum absolute atomic E-state index is 0.0133. The molecule has 9 heteroatoms. The van der Waals surface area contributed by atoms with E-state index in [0.717, 1.165) is 5.56 Å². The highest BCUT2D eigenvalue weighted by atomic mass is 35.5.